The fourth-order valence-corrected chi connectivity index (χ4v) is 3.90. The smallest absolute Gasteiger partial charge is 0.255 e. The molecular weight excluding hydrogens is 362 g/mol. The number of carbonyl (C=O) groups excluding carboxylic acids is 1. The van der Waals surface area contributed by atoms with E-state index in [0.717, 1.165) is 31.4 Å². The lowest BCUT2D eigenvalue weighted by Gasteiger charge is -2.21. The minimum absolute atomic E-state index is 0.273. The Labute approximate surface area is 162 Å². The number of hydrogen-bond acceptors (Lipinski definition) is 6. The summed E-state index contributed by atoms with van der Waals surface area (Å²) in [6.07, 6.45) is 3.98. The molecule has 1 aliphatic carbocycles. The average molecular weight is 383 g/mol. The second kappa shape index (κ2) is 6.51. The monoisotopic (exact) mass is 383 g/mol. The predicted octanol–water partition coefficient (Wildman–Crippen LogP) is 3.76. The Kier molecular flexibility index (Phi) is 3.96. The number of ether oxygens (including phenoxy) is 5. The van der Waals surface area contributed by atoms with E-state index in [1.54, 1.807) is 18.2 Å². The second-order valence-electron chi connectivity index (χ2n) is 7.14. The van der Waals surface area contributed by atoms with E-state index in [9.17, 15) is 4.79 Å². The summed E-state index contributed by atoms with van der Waals surface area (Å²) in [5.74, 6) is 2.09. The van der Waals surface area contributed by atoms with E-state index in [2.05, 4.69) is 5.32 Å². The number of hydrogen-bond donors (Lipinski definition) is 1. The molecule has 0 unspecified atom stereocenters. The maximum Gasteiger partial charge on any atom is 0.255 e. The van der Waals surface area contributed by atoms with E-state index in [0.29, 0.717) is 47.5 Å². The topological polar surface area (TPSA) is 75.3 Å². The predicted molar refractivity (Wildman–Crippen MR) is 101 cm³/mol. The molecule has 2 aromatic rings. The highest BCUT2D eigenvalue weighted by Gasteiger charge is 2.44. The Morgan fingerprint density at radius 2 is 1.79 bits per heavy atom. The van der Waals surface area contributed by atoms with Crippen LogP contribution < -0.4 is 29.0 Å². The van der Waals surface area contributed by atoms with E-state index in [1.807, 2.05) is 12.1 Å². The zero-order chi connectivity index (χ0) is 19.1. The van der Waals surface area contributed by atoms with E-state index < -0.39 is 5.79 Å². The standard InChI is InChI=1S/C21H21NO6/c1-24-17-10-13(11-18-19(17)26-9-8-25-18)20(23)22-14-4-5-15-16(12-14)28-21(27-15)6-2-3-7-21/h4-5,10-12H,2-3,6-9H2,1H3,(H,22,23). The first-order valence-corrected chi connectivity index (χ1v) is 9.47. The Morgan fingerprint density at radius 1 is 1.00 bits per heavy atom. The van der Waals surface area contributed by atoms with Gasteiger partial charge in [-0.05, 0) is 37.1 Å². The minimum atomic E-state index is -0.520. The molecule has 7 heteroatoms. The molecule has 1 fully saturated rings. The minimum Gasteiger partial charge on any atom is -0.493 e. The third-order valence-electron chi connectivity index (χ3n) is 5.25. The van der Waals surface area contributed by atoms with Crippen LogP contribution in [0.4, 0.5) is 5.69 Å². The van der Waals surface area contributed by atoms with Crippen molar-refractivity contribution in [1.82, 2.24) is 0 Å². The molecular formula is C21H21NO6. The fraction of sp³-hybridized carbons (Fsp3) is 0.381. The number of amides is 1. The van der Waals surface area contributed by atoms with Crippen molar-refractivity contribution < 1.29 is 28.5 Å². The van der Waals surface area contributed by atoms with Gasteiger partial charge < -0.3 is 29.0 Å². The van der Waals surface area contributed by atoms with E-state index in [1.165, 1.54) is 7.11 Å². The zero-order valence-electron chi connectivity index (χ0n) is 15.6. The van der Waals surface area contributed by atoms with Gasteiger partial charge in [0, 0.05) is 30.2 Å². The number of benzene rings is 2. The Balaban J connectivity index is 1.37. The van der Waals surface area contributed by atoms with Crippen LogP contribution in [0.15, 0.2) is 30.3 Å². The van der Waals surface area contributed by atoms with Crippen LogP contribution in [-0.4, -0.2) is 32.0 Å². The summed E-state index contributed by atoms with van der Waals surface area (Å²) in [5, 5.41) is 2.90. The average Bonchev–Trinajstić information content (AvgIpc) is 3.32. The third-order valence-corrected chi connectivity index (χ3v) is 5.25. The van der Waals surface area contributed by atoms with Crippen molar-refractivity contribution in [2.24, 2.45) is 0 Å². The molecule has 2 heterocycles. The summed E-state index contributed by atoms with van der Waals surface area (Å²) >= 11 is 0. The molecule has 3 aliphatic rings. The maximum absolute atomic E-state index is 12.8. The molecule has 2 aliphatic heterocycles. The number of rotatable bonds is 3. The largest absolute Gasteiger partial charge is 0.493 e. The molecule has 0 bridgehead atoms. The molecule has 7 nitrogen and oxygen atoms in total. The molecule has 1 N–H and O–H groups in total. The normalized spacial score (nSPS) is 18.2. The number of carbonyl (C=O) groups is 1. The number of anilines is 1. The van der Waals surface area contributed by atoms with Gasteiger partial charge in [-0.1, -0.05) is 0 Å². The summed E-state index contributed by atoms with van der Waals surface area (Å²) in [6, 6.07) is 8.75. The SMILES string of the molecule is COc1cc(C(=O)Nc2ccc3c(c2)OC2(CCCC2)O3)cc2c1OCCO2. The lowest BCUT2D eigenvalue weighted by Crippen LogP contribution is -2.34. The van der Waals surface area contributed by atoms with Gasteiger partial charge in [0.15, 0.2) is 23.0 Å². The maximum atomic E-state index is 12.8. The molecule has 0 radical (unpaired) electrons. The molecule has 1 amide bonds. The molecule has 5 rings (SSSR count). The molecule has 0 atom stereocenters. The van der Waals surface area contributed by atoms with Crippen LogP contribution in [0, 0.1) is 0 Å². The lowest BCUT2D eigenvalue weighted by atomic mass is 10.1. The first-order chi connectivity index (χ1) is 13.7. The highest BCUT2D eigenvalue weighted by Crippen LogP contribution is 2.47. The summed E-state index contributed by atoms with van der Waals surface area (Å²) < 4.78 is 28.6. The van der Waals surface area contributed by atoms with Crippen molar-refractivity contribution in [1.29, 1.82) is 0 Å². The molecule has 2 aromatic carbocycles. The van der Waals surface area contributed by atoms with Gasteiger partial charge in [-0.25, -0.2) is 0 Å². The van der Waals surface area contributed by atoms with Gasteiger partial charge in [0.1, 0.15) is 13.2 Å². The van der Waals surface area contributed by atoms with Crippen molar-refractivity contribution in [2.75, 3.05) is 25.6 Å². The van der Waals surface area contributed by atoms with Crippen LogP contribution in [0.25, 0.3) is 0 Å². The van der Waals surface area contributed by atoms with Crippen molar-refractivity contribution in [2.45, 2.75) is 31.5 Å². The van der Waals surface area contributed by atoms with Gasteiger partial charge in [-0.15, -0.1) is 0 Å². The molecule has 1 spiro atoms. The zero-order valence-corrected chi connectivity index (χ0v) is 15.6. The Morgan fingerprint density at radius 3 is 2.61 bits per heavy atom. The van der Waals surface area contributed by atoms with E-state index in [4.69, 9.17) is 23.7 Å². The second-order valence-corrected chi connectivity index (χ2v) is 7.14. The first-order valence-electron chi connectivity index (χ1n) is 9.47. The summed E-state index contributed by atoms with van der Waals surface area (Å²) in [4.78, 5) is 12.8. The molecule has 0 saturated heterocycles. The molecule has 0 aromatic heterocycles. The van der Waals surface area contributed by atoms with Crippen LogP contribution in [0.5, 0.6) is 28.7 Å². The van der Waals surface area contributed by atoms with Gasteiger partial charge in [0.2, 0.25) is 5.75 Å². The highest BCUT2D eigenvalue weighted by molar-refractivity contribution is 6.05. The van der Waals surface area contributed by atoms with Crippen molar-refractivity contribution in [3.05, 3.63) is 35.9 Å². The van der Waals surface area contributed by atoms with Crippen LogP contribution >= 0.6 is 0 Å². The summed E-state index contributed by atoms with van der Waals surface area (Å²) in [7, 11) is 1.53. The fourth-order valence-electron chi connectivity index (χ4n) is 3.90. The van der Waals surface area contributed by atoms with Crippen LogP contribution in [-0.2, 0) is 0 Å². The van der Waals surface area contributed by atoms with Gasteiger partial charge >= 0.3 is 0 Å². The van der Waals surface area contributed by atoms with E-state index in [-0.39, 0.29) is 5.91 Å². The summed E-state index contributed by atoms with van der Waals surface area (Å²) in [6.45, 7) is 0.888. The first kappa shape index (κ1) is 17.0. The molecule has 28 heavy (non-hydrogen) atoms. The Bertz CT molecular complexity index is 917. The Hall–Kier alpha value is -3.09. The summed E-state index contributed by atoms with van der Waals surface area (Å²) in [5.41, 5.74) is 1.06. The number of methoxy groups -OCH3 is 1. The van der Waals surface area contributed by atoms with Gasteiger partial charge in [-0.3, -0.25) is 4.79 Å². The number of fused-ring (bicyclic) bond motifs is 2. The molecule has 146 valence electrons. The van der Waals surface area contributed by atoms with Gasteiger partial charge in [0.25, 0.3) is 11.7 Å². The van der Waals surface area contributed by atoms with Gasteiger partial charge in [0.05, 0.1) is 7.11 Å². The quantitative estimate of drug-likeness (QED) is 0.870. The highest BCUT2D eigenvalue weighted by atomic mass is 16.7. The van der Waals surface area contributed by atoms with Crippen molar-refractivity contribution in [3.8, 4) is 28.7 Å². The van der Waals surface area contributed by atoms with E-state index >= 15 is 0 Å². The third kappa shape index (κ3) is 2.87. The van der Waals surface area contributed by atoms with Crippen molar-refractivity contribution >= 4 is 11.6 Å². The van der Waals surface area contributed by atoms with Crippen molar-refractivity contribution in [3.63, 3.8) is 0 Å². The van der Waals surface area contributed by atoms with Crippen LogP contribution in [0.2, 0.25) is 0 Å². The van der Waals surface area contributed by atoms with Gasteiger partial charge in [-0.2, -0.15) is 0 Å². The lowest BCUT2D eigenvalue weighted by molar-refractivity contribution is -0.0716. The van der Waals surface area contributed by atoms with Crippen LogP contribution in [0.1, 0.15) is 36.0 Å². The number of nitrogens with one attached hydrogen (secondary N) is 1. The van der Waals surface area contributed by atoms with Crippen LogP contribution in [0.3, 0.4) is 0 Å². The molecule has 1 saturated carbocycles.